The molecule has 0 radical (unpaired) electrons. The summed E-state index contributed by atoms with van der Waals surface area (Å²) in [6, 6.07) is -0.826. The Hall–Kier alpha value is -1.02. The van der Waals surface area contributed by atoms with E-state index >= 15 is 0 Å². The Morgan fingerprint density at radius 3 is 1.77 bits per heavy atom. The molecular weight excluding hydrogens is 611 g/mol. The zero-order valence-electron chi connectivity index (χ0n) is 31.2. The number of aliphatic hydroxyl groups is 1. The predicted molar refractivity (Wildman–Crippen MR) is 196 cm³/mol. The number of carbonyl (C=O) groups excluding carboxylic acids is 1. The normalized spacial score (nSPS) is 15.0. The highest BCUT2D eigenvalue weighted by Crippen LogP contribution is 2.38. The number of hydrogen-bond donors (Lipinski definition) is 2. The third kappa shape index (κ3) is 33.3. The van der Waals surface area contributed by atoms with Crippen molar-refractivity contribution in [1.29, 1.82) is 0 Å². The Bertz CT molecular complexity index is 829. The molecule has 278 valence electrons. The van der Waals surface area contributed by atoms with Crippen molar-refractivity contribution in [2.24, 2.45) is 0 Å². The smallest absolute Gasteiger partial charge is 0.268 e. The SMILES string of the molecule is CCCCCCCC/C=C\C/C=C\CCC(=O)NC(COP(=O)([O-])OCC[N+](C)(C)C)C(O)CCCCCCCCCCCCCC. The lowest BCUT2D eigenvalue weighted by Crippen LogP contribution is -2.46. The van der Waals surface area contributed by atoms with Crippen LogP contribution in [0.2, 0.25) is 0 Å². The van der Waals surface area contributed by atoms with Crippen LogP contribution in [0.25, 0.3) is 0 Å². The fourth-order valence-electron chi connectivity index (χ4n) is 5.32. The molecule has 0 bridgehead atoms. The number of rotatable bonds is 34. The van der Waals surface area contributed by atoms with Crippen molar-refractivity contribution >= 4 is 13.7 Å². The van der Waals surface area contributed by atoms with E-state index in [0.717, 1.165) is 32.1 Å². The van der Waals surface area contributed by atoms with Crippen molar-refractivity contribution in [3.8, 4) is 0 Å². The van der Waals surface area contributed by atoms with Crippen LogP contribution < -0.4 is 10.2 Å². The van der Waals surface area contributed by atoms with Crippen molar-refractivity contribution in [3.63, 3.8) is 0 Å². The minimum absolute atomic E-state index is 0.00326. The molecule has 0 aliphatic carbocycles. The Labute approximate surface area is 290 Å². The summed E-state index contributed by atoms with van der Waals surface area (Å²) in [7, 11) is 1.27. The average molecular weight is 687 g/mol. The first-order valence-corrected chi connectivity index (χ1v) is 20.6. The van der Waals surface area contributed by atoms with Crippen molar-refractivity contribution in [2.45, 2.75) is 174 Å². The molecule has 2 N–H and O–H groups in total. The highest BCUT2D eigenvalue weighted by atomic mass is 31.2. The maximum atomic E-state index is 12.7. The molecule has 0 heterocycles. The number of likely N-dealkylation sites (N-methyl/N-ethyl adjacent to an activating group) is 1. The second-order valence-electron chi connectivity index (χ2n) is 14.3. The van der Waals surface area contributed by atoms with Gasteiger partial charge in [-0.05, 0) is 32.1 Å². The maximum Gasteiger partial charge on any atom is 0.268 e. The average Bonchev–Trinajstić information content (AvgIpc) is 3.01. The number of phosphoric ester groups is 1. The second-order valence-corrected chi connectivity index (χ2v) is 15.7. The quantitative estimate of drug-likeness (QED) is 0.0303. The van der Waals surface area contributed by atoms with Gasteiger partial charge in [-0.3, -0.25) is 9.36 Å². The first-order chi connectivity index (χ1) is 22.5. The van der Waals surface area contributed by atoms with E-state index in [-0.39, 0.29) is 25.5 Å². The van der Waals surface area contributed by atoms with E-state index in [1.165, 1.54) is 96.3 Å². The van der Waals surface area contributed by atoms with Gasteiger partial charge >= 0.3 is 0 Å². The van der Waals surface area contributed by atoms with Gasteiger partial charge in [-0.1, -0.05) is 147 Å². The van der Waals surface area contributed by atoms with Crippen LogP contribution >= 0.6 is 7.82 Å². The molecule has 0 saturated carbocycles. The molecule has 1 amide bonds. The number of nitrogens with zero attached hydrogens (tertiary/aromatic N) is 1. The first kappa shape index (κ1) is 46.0. The lowest BCUT2D eigenvalue weighted by Gasteiger charge is -2.30. The van der Waals surface area contributed by atoms with Crippen molar-refractivity contribution in [1.82, 2.24) is 5.32 Å². The lowest BCUT2D eigenvalue weighted by molar-refractivity contribution is -0.870. The van der Waals surface area contributed by atoms with Crippen LogP contribution in [-0.4, -0.2) is 68.5 Å². The zero-order valence-corrected chi connectivity index (χ0v) is 32.1. The van der Waals surface area contributed by atoms with Gasteiger partial charge in [0.15, 0.2) is 0 Å². The number of amides is 1. The van der Waals surface area contributed by atoms with Gasteiger partial charge in [0.1, 0.15) is 13.2 Å². The number of nitrogens with one attached hydrogen (secondary N) is 1. The maximum absolute atomic E-state index is 12.7. The standard InChI is InChI=1S/C38H75N2O6P/c1-6-8-10-12-14-16-18-20-22-24-26-28-30-32-38(42)39-36(35-46-47(43,44)45-34-33-40(3,4)5)37(41)31-29-27-25-23-21-19-17-15-13-11-9-7-2/h20,22,26,28,36-37,41H,6-19,21,23-25,27,29-35H2,1-5H3,(H-,39,42,43,44)/b22-20-,28-26-. The van der Waals surface area contributed by atoms with Gasteiger partial charge in [-0.25, -0.2) is 0 Å². The molecule has 0 saturated heterocycles. The number of unbranched alkanes of at least 4 members (excludes halogenated alkanes) is 17. The molecule has 0 aliphatic heterocycles. The van der Waals surface area contributed by atoms with Crippen LogP contribution in [0.4, 0.5) is 0 Å². The zero-order chi connectivity index (χ0) is 35.1. The minimum atomic E-state index is -4.57. The van der Waals surface area contributed by atoms with E-state index in [1.807, 2.05) is 27.2 Å². The molecule has 0 aromatic rings. The number of quaternary nitrogens is 1. The molecular formula is C38H75N2O6P. The molecule has 3 atom stereocenters. The summed E-state index contributed by atoms with van der Waals surface area (Å²) in [4.78, 5) is 25.1. The summed E-state index contributed by atoms with van der Waals surface area (Å²) in [5.74, 6) is -0.234. The van der Waals surface area contributed by atoms with E-state index in [9.17, 15) is 19.4 Å². The number of aliphatic hydroxyl groups excluding tert-OH is 1. The van der Waals surface area contributed by atoms with Crippen LogP contribution in [-0.2, 0) is 18.4 Å². The van der Waals surface area contributed by atoms with Gasteiger partial charge in [0, 0.05) is 6.42 Å². The van der Waals surface area contributed by atoms with Crippen LogP contribution in [0, 0.1) is 0 Å². The monoisotopic (exact) mass is 687 g/mol. The van der Waals surface area contributed by atoms with Gasteiger partial charge in [0.25, 0.3) is 7.82 Å². The number of carbonyl (C=O) groups is 1. The molecule has 0 aliphatic rings. The van der Waals surface area contributed by atoms with Gasteiger partial charge < -0.3 is 28.8 Å². The second kappa shape index (κ2) is 31.0. The van der Waals surface area contributed by atoms with Gasteiger partial charge in [-0.2, -0.15) is 0 Å². The Balaban J connectivity index is 4.57. The third-order valence-corrected chi connectivity index (χ3v) is 9.42. The molecule has 8 nitrogen and oxygen atoms in total. The van der Waals surface area contributed by atoms with Gasteiger partial charge in [0.05, 0.1) is 39.9 Å². The molecule has 0 aromatic carbocycles. The molecule has 0 spiro atoms. The van der Waals surface area contributed by atoms with Crippen LogP contribution in [0.15, 0.2) is 24.3 Å². The Kier molecular flexibility index (Phi) is 30.3. The number of hydrogen-bond acceptors (Lipinski definition) is 6. The Morgan fingerprint density at radius 2 is 1.23 bits per heavy atom. The van der Waals surface area contributed by atoms with Crippen molar-refractivity contribution in [3.05, 3.63) is 24.3 Å². The molecule has 0 fully saturated rings. The van der Waals surface area contributed by atoms with E-state index in [2.05, 4.69) is 37.4 Å². The van der Waals surface area contributed by atoms with Crippen LogP contribution in [0.1, 0.15) is 162 Å². The fraction of sp³-hybridized carbons (Fsp3) is 0.868. The topological polar surface area (TPSA) is 108 Å². The Morgan fingerprint density at radius 1 is 0.745 bits per heavy atom. The van der Waals surface area contributed by atoms with E-state index in [1.54, 1.807) is 0 Å². The summed E-state index contributed by atoms with van der Waals surface area (Å²) in [5.41, 5.74) is 0. The highest BCUT2D eigenvalue weighted by Gasteiger charge is 2.24. The van der Waals surface area contributed by atoms with Gasteiger partial charge in [-0.15, -0.1) is 0 Å². The minimum Gasteiger partial charge on any atom is -0.756 e. The molecule has 47 heavy (non-hydrogen) atoms. The predicted octanol–water partition coefficient (Wildman–Crippen LogP) is 9.16. The largest absolute Gasteiger partial charge is 0.756 e. The summed E-state index contributed by atoms with van der Waals surface area (Å²) >= 11 is 0. The summed E-state index contributed by atoms with van der Waals surface area (Å²) in [5, 5.41) is 13.8. The van der Waals surface area contributed by atoms with Crippen molar-refractivity contribution in [2.75, 3.05) is 40.9 Å². The van der Waals surface area contributed by atoms with E-state index in [0.29, 0.717) is 23.9 Å². The highest BCUT2D eigenvalue weighted by molar-refractivity contribution is 7.45. The molecule has 0 rings (SSSR count). The third-order valence-electron chi connectivity index (χ3n) is 8.46. The van der Waals surface area contributed by atoms with E-state index < -0.39 is 20.0 Å². The van der Waals surface area contributed by atoms with Crippen LogP contribution in [0.3, 0.4) is 0 Å². The molecule has 9 heteroatoms. The first-order valence-electron chi connectivity index (χ1n) is 19.2. The summed E-state index contributed by atoms with van der Waals surface area (Å²) < 4.78 is 23.1. The lowest BCUT2D eigenvalue weighted by atomic mass is 10.0. The number of phosphoric acid groups is 1. The number of allylic oxidation sites excluding steroid dienone is 4. The van der Waals surface area contributed by atoms with Crippen LogP contribution in [0.5, 0.6) is 0 Å². The van der Waals surface area contributed by atoms with E-state index in [4.69, 9.17) is 9.05 Å². The summed E-state index contributed by atoms with van der Waals surface area (Å²) in [6.45, 7) is 4.64. The molecule has 0 aromatic heterocycles. The fourth-order valence-corrected chi connectivity index (χ4v) is 6.05. The van der Waals surface area contributed by atoms with Crippen molar-refractivity contribution < 1.29 is 32.9 Å². The summed E-state index contributed by atoms with van der Waals surface area (Å²) in [6.07, 6.45) is 33.3. The molecule has 3 unspecified atom stereocenters. The van der Waals surface area contributed by atoms with Gasteiger partial charge in [0.2, 0.25) is 5.91 Å².